The second kappa shape index (κ2) is 16.9. The summed E-state index contributed by atoms with van der Waals surface area (Å²) in [5.74, 6) is 1.04. The fourth-order valence-corrected chi connectivity index (χ4v) is 7.12. The highest BCUT2D eigenvalue weighted by Gasteiger charge is 2.26. The monoisotopic (exact) mass is 802 g/mol. The van der Waals surface area contributed by atoms with Crippen LogP contribution in [-0.2, 0) is 17.7 Å². The van der Waals surface area contributed by atoms with Crippen molar-refractivity contribution in [2.45, 2.75) is 72.4 Å². The number of aromatic nitrogens is 6. The van der Waals surface area contributed by atoms with E-state index in [0.717, 1.165) is 100 Å². The number of carbonyl (C=O) groups excluding carboxylic acids is 2. The standard InChI is InChI=1S/C23H20N4O.C19H23BrN4O3/c1-14-5-3-6-20(25-14)23-22(21-7-4-12-27(21)26-23)17-10-11-24-19-9-8-16(15(2)28)13-18(17)19;1-12-7-17(27-11-14-5-3-4-6-26-14)16(8-15(12)20)23-19(25)24-18-10-21-13(2)9-22-18/h3,5-6,8-11,13H,4,7,12H2,1-2H3;7-10,14H,3-6,11H2,1-2H3,(H2,22,23,24,25)/t;14-/m.0/s1. The minimum Gasteiger partial charge on any atom is -0.489 e. The van der Waals surface area contributed by atoms with Gasteiger partial charge in [-0.05, 0) is 119 Å². The molecular weight excluding hydrogens is 760 g/mol. The third-order valence-corrected chi connectivity index (χ3v) is 10.5. The second-order valence-electron chi connectivity index (χ2n) is 13.8. The highest BCUT2D eigenvalue weighted by atomic mass is 79.9. The Morgan fingerprint density at radius 3 is 2.60 bits per heavy atom. The lowest BCUT2D eigenvalue weighted by atomic mass is 9.95. The largest absolute Gasteiger partial charge is 0.489 e. The van der Waals surface area contributed by atoms with Gasteiger partial charge < -0.3 is 14.8 Å². The Morgan fingerprint density at radius 1 is 0.964 bits per heavy atom. The zero-order chi connectivity index (χ0) is 38.5. The molecule has 282 valence electrons. The van der Waals surface area contributed by atoms with Crippen LogP contribution >= 0.6 is 15.9 Å². The molecule has 2 amide bonds. The molecular formula is C42H43BrN8O4. The van der Waals surface area contributed by atoms with Crippen molar-refractivity contribution in [2.24, 2.45) is 0 Å². The molecule has 6 heterocycles. The Kier molecular flexibility index (Phi) is 11.6. The molecule has 2 aliphatic heterocycles. The number of fused-ring (bicyclic) bond motifs is 2. The normalized spacial score (nSPS) is 14.8. The third kappa shape index (κ3) is 8.90. The Balaban J connectivity index is 0.000000169. The topological polar surface area (TPSA) is 146 Å². The van der Waals surface area contributed by atoms with E-state index < -0.39 is 6.03 Å². The summed E-state index contributed by atoms with van der Waals surface area (Å²) < 4.78 is 14.7. The van der Waals surface area contributed by atoms with Gasteiger partial charge >= 0.3 is 6.03 Å². The molecule has 8 rings (SSSR count). The van der Waals surface area contributed by atoms with E-state index in [1.54, 1.807) is 13.1 Å². The molecule has 13 heteroatoms. The number of benzene rings is 2. The maximum absolute atomic E-state index is 12.3. The number of rotatable bonds is 8. The van der Waals surface area contributed by atoms with Crippen LogP contribution in [0.1, 0.15) is 65.6 Å². The van der Waals surface area contributed by atoms with Crippen LogP contribution in [-0.4, -0.2) is 60.8 Å². The molecule has 0 spiro atoms. The maximum atomic E-state index is 12.3. The smallest absolute Gasteiger partial charge is 0.325 e. The first-order chi connectivity index (χ1) is 26.6. The van der Waals surface area contributed by atoms with E-state index in [1.807, 2.05) is 81.6 Å². The lowest BCUT2D eigenvalue weighted by Gasteiger charge is -2.23. The zero-order valence-electron chi connectivity index (χ0n) is 31.4. The van der Waals surface area contributed by atoms with Crippen molar-refractivity contribution in [3.05, 3.63) is 106 Å². The molecule has 0 aliphatic carbocycles. The number of ketones is 1. The number of pyridine rings is 2. The van der Waals surface area contributed by atoms with Gasteiger partial charge in [0.2, 0.25) is 0 Å². The number of ether oxygens (including phenoxy) is 2. The molecule has 6 aromatic rings. The van der Waals surface area contributed by atoms with Gasteiger partial charge in [-0.2, -0.15) is 5.10 Å². The quantitative estimate of drug-likeness (QED) is 0.144. The lowest BCUT2D eigenvalue weighted by Crippen LogP contribution is -2.26. The summed E-state index contributed by atoms with van der Waals surface area (Å²) in [7, 11) is 0. The number of amides is 2. The Morgan fingerprint density at radius 2 is 1.84 bits per heavy atom. The molecule has 1 saturated heterocycles. The summed E-state index contributed by atoms with van der Waals surface area (Å²) in [5.41, 5.74) is 10.1. The number of anilines is 2. The van der Waals surface area contributed by atoms with Crippen molar-refractivity contribution >= 4 is 50.2 Å². The van der Waals surface area contributed by atoms with E-state index in [-0.39, 0.29) is 11.9 Å². The van der Waals surface area contributed by atoms with Crippen molar-refractivity contribution in [3.63, 3.8) is 0 Å². The van der Waals surface area contributed by atoms with E-state index in [1.165, 1.54) is 11.9 Å². The van der Waals surface area contributed by atoms with Gasteiger partial charge in [0.05, 0.1) is 41.1 Å². The van der Waals surface area contributed by atoms with Gasteiger partial charge in [-0.15, -0.1) is 0 Å². The SMILES string of the molecule is CC(=O)c1ccc2nccc(-c3c(-c4cccc(C)n4)nn4c3CCC4)c2c1.Cc1cnc(NC(=O)Nc2cc(Br)c(C)cc2OC[C@@H]2CCCCO2)cn1. The van der Waals surface area contributed by atoms with Crippen LogP contribution in [0.25, 0.3) is 33.4 Å². The highest BCUT2D eigenvalue weighted by molar-refractivity contribution is 9.10. The predicted octanol–water partition coefficient (Wildman–Crippen LogP) is 9.07. The Hall–Kier alpha value is -5.53. The molecule has 0 saturated carbocycles. The fourth-order valence-electron chi connectivity index (χ4n) is 6.77. The number of hydrogen-bond donors (Lipinski definition) is 2. The fraction of sp³-hybridized carbons (Fsp3) is 0.310. The molecule has 2 N–H and O–H groups in total. The van der Waals surface area contributed by atoms with E-state index >= 15 is 0 Å². The number of Topliss-reactive ketones (excluding diaryl/α,β-unsaturated/α-hetero) is 1. The summed E-state index contributed by atoms with van der Waals surface area (Å²) in [6, 6.07) is 17.1. The van der Waals surface area contributed by atoms with E-state index in [2.05, 4.69) is 46.2 Å². The molecule has 55 heavy (non-hydrogen) atoms. The molecule has 4 aromatic heterocycles. The summed E-state index contributed by atoms with van der Waals surface area (Å²) >= 11 is 3.50. The van der Waals surface area contributed by atoms with E-state index in [9.17, 15) is 9.59 Å². The van der Waals surface area contributed by atoms with Gasteiger partial charge in [0, 0.05) is 51.7 Å². The number of nitrogens with one attached hydrogen (secondary N) is 2. The van der Waals surface area contributed by atoms with Crippen molar-refractivity contribution in [2.75, 3.05) is 23.8 Å². The summed E-state index contributed by atoms with van der Waals surface area (Å²) in [6.07, 6.45) is 10.4. The first-order valence-corrected chi connectivity index (χ1v) is 19.3. The molecule has 1 fully saturated rings. The zero-order valence-corrected chi connectivity index (χ0v) is 32.9. The molecule has 2 aromatic carbocycles. The molecule has 2 aliphatic rings. The van der Waals surface area contributed by atoms with Crippen molar-refractivity contribution < 1.29 is 19.1 Å². The third-order valence-electron chi connectivity index (χ3n) is 9.62. The first-order valence-electron chi connectivity index (χ1n) is 18.5. The predicted molar refractivity (Wildman–Crippen MR) is 217 cm³/mol. The van der Waals surface area contributed by atoms with Crippen LogP contribution in [0.5, 0.6) is 5.75 Å². The van der Waals surface area contributed by atoms with Crippen LogP contribution in [0.4, 0.5) is 16.3 Å². The van der Waals surface area contributed by atoms with Crippen molar-refractivity contribution in [1.29, 1.82) is 0 Å². The second-order valence-corrected chi connectivity index (χ2v) is 14.7. The van der Waals surface area contributed by atoms with E-state index in [4.69, 9.17) is 19.6 Å². The van der Waals surface area contributed by atoms with Crippen LogP contribution < -0.4 is 15.4 Å². The van der Waals surface area contributed by atoms with E-state index in [0.29, 0.717) is 29.4 Å². The summed E-state index contributed by atoms with van der Waals surface area (Å²) in [6.45, 7) is 9.56. The average Bonchev–Trinajstić information content (AvgIpc) is 3.79. The number of aryl methyl sites for hydroxylation is 4. The lowest BCUT2D eigenvalue weighted by molar-refractivity contribution is -0.0109. The number of urea groups is 1. The van der Waals surface area contributed by atoms with Gasteiger partial charge in [-0.3, -0.25) is 29.7 Å². The minimum absolute atomic E-state index is 0.0533. The molecule has 0 radical (unpaired) electrons. The summed E-state index contributed by atoms with van der Waals surface area (Å²) in [5, 5.41) is 11.4. The summed E-state index contributed by atoms with van der Waals surface area (Å²) in [4.78, 5) is 41.8. The van der Waals surface area contributed by atoms with Gasteiger partial charge in [0.15, 0.2) is 11.6 Å². The van der Waals surface area contributed by atoms with Gasteiger partial charge in [0.1, 0.15) is 18.1 Å². The maximum Gasteiger partial charge on any atom is 0.325 e. The molecule has 12 nitrogen and oxygen atoms in total. The first kappa shape index (κ1) is 37.8. The van der Waals surface area contributed by atoms with Crippen molar-refractivity contribution in [1.82, 2.24) is 29.7 Å². The van der Waals surface area contributed by atoms with Crippen molar-refractivity contribution in [3.8, 4) is 28.3 Å². The Bertz CT molecular complexity index is 2360. The minimum atomic E-state index is -0.414. The number of nitrogens with zero attached hydrogens (tertiary/aromatic N) is 6. The van der Waals surface area contributed by atoms with Gasteiger partial charge in [-0.25, -0.2) is 9.78 Å². The Labute approximate surface area is 328 Å². The van der Waals surface area contributed by atoms with Gasteiger partial charge in [-0.1, -0.05) is 22.0 Å². The van der Waals surface area contributed by atoms with Crippen LogP contribution in [0, 0.1) is 20.8 Å². The van der Waals surface area contributed by atoms with Crippen LogP contribution in [0.15, 0.2) is 77.7 Å². The molecule has 1 atom stereocenters. The van der Waals surface area contributed by atoms with Gasteiger partial charge in [0.25, 0.3) is 0 Å². The van der Waals surface area contributed by atoms with Crippen LogP contribution in [0.2, 0.25) is 0 Å². The molecule has 0 unspecified atom stereocenters. The number of hydrogen-bond acceptors (Lipinski definition) is 9. The highest BCUT2D eigenvalue weighted by Crippen LogP contribution is 2.40. The van der Waals surface area contributed by atoms with Crippen LogP contribution in [0.3, 0.4) is 0 Å². The molecule has 0 bridgehead atoms. The number of carbonyl (C=O) groups is 2. The number of halogens is 1. The average molecular weight is 804 g/mol.